The topological polar surface area (TPSA) is 60.5 Å². The number of nitrogens with one attached hydrogen (secondary N) is 1. The summed E-state index contributed by atoms with van der Waals surface area (Å²) in [5.74, 6) is 2.46. The molecule has 3 heterocycles. The van der Waals surface area contributed by atoms with Crippen LogP contribution >= 0.6 is 11.8 Å². The van der Waals surface area contributed by atoms with Gasteiger partial charge in [-0.1, -0.05) is 6.58 Å². The van der Waals surface area contributed by atoms with Crippen LogP contribution in [0.3, 0.4) is 0 Å². The minimum atomic E-state index is -0.0887. The SMILES string of the molecule is C=C1O/C=C(\C)C(=O)NCC2CCC(CC2)SCCOc2cc1ccn2. The van der Waals surface area contributed by atoms with Crippen LogP contribution in [0.15, 0.2) is 36.7 Å². The van der Waals surface area contributed by atoms with Crippen molar-refractivity contribution < 1.29 is 14.3 Å². The van der Waals surface area contributed by atoms with Crippen molar-refractivity contribution in [1.29, 1.82) is 0 Å². The molecule has 0 spiro atoms. The average Bonchev–Trinajstić information content (AvgIpc) is 2.67. The van der Waals surface area contributed by atoms with E-state index in [1.54, 1.807) is 13.1 Å². The molecule has 1 fully saturated rings. The van der Waals surface area contributed by atoms with Gasteiger partial charge in [0.25, 0.3) is 0 Å². The number of ether oxygens (including phenoxy) is 2. The first-order valence-electron chi connectivity index (χ1n) is 9.13. The van der Waals surface area contributed by atoms with Crippen molar-refractivity contribution in [3.05, 3.63) is 42.3 Å². The molecule has 1 aromatic heterocycles. The number of carbonyl (C=O) groups excluding carboxylic acids is 1. The van der Waals surface area contributed by atoms with E-state index in [1.807, 2.05) is 23.9 Å². The van der Waals surface area contributed by atoms with Gasteiger partial charge in [-0.3, -0.25) is 4.79 Å². The van der Waals surface area contributed by atoms with Gasteiger partial charge in [0.15, 0.2) is 0 Å². The third-order valence-electron chi connectivity index (χ3n) is 4.82. The maximum absolute atomic E-state index is 12.2. The van der Waals surface area contributed by atoms with Gasteiger partial charge in [0, 0.05) is 40.9 Å². The number of thioether (sulfide) groups is 1. The number of amides is 1. The van der Waals surface area contributed by atoms with Crippen LogP contribution in [-0.4, -0.2) is 35.0 Å². The lowest BCUT2D eigenvalue weighted by molar-refractivity contribution is -0.117. The summed E-state index contributed by atoms with van der Waals surface area (Å²) >= 11 is 1.98. The molecule has 26 heavy (non-hydrogen) atoms. The van der Waals surface area contributed by atoms with E-state index in [0.717, 1.165) is 17.9 Å². The normalized spacial score (nSPS) is 27.2. The number of hydrogen-bond acceptors (Lipinski definition) is 5. The summed E-state index contributed by atoms with van der Waals surface area (Å²) in [5, 5.41) is 3.72. The number of aromatic nitrogens is 1. The molecule has 3 aliphatic rings. The van der Waals surface area contributed by atoms with Gasteiger partial charge in [-0.05, 0) is 44.6 Å². The fourth-order valence-corrected chi connectivity index (χ4v) is 4.30. The molecule has 1 N–H and O–H groups in total. The standard InChI is InChI=1S/C20H26N2O3S/c1-14-13-25-15(2)17-7-8-21-19(11-17)24-9-10-26-18-5-3-16(4-6-18)12-22-20(14)23/h7-8,11,13,16,18H,2-6,9-10,12H2,1H3,(H,22,23)/b14-13+. The molecule has 0 radical (unpaired) electrons. The van der Waals surface area contributed by atoms with Crippen molar-refractivity contribution in [3.63, 3.8) is 0 Å². The van der Waals surface area contributed by atoms with Crippen LogP contribution in [0.25, 0.3) is 5.76 Å². The lowest BCUT2D eigenvalue weighted by Crippen LogP contribution is -2.32. The largest absolute Gasteiger partial charge is 0.477 e. The molecule has 1 saturated carbocycles. The highest BCUT2D eigenvalue weighted by molar-refractivity contribution is 7.99. The van der Waals surface area contributed by atoms with Gasteiger partial charge in [0.05, 0.1) is 12.9 Å². The van der Waals surface area contributed by atoms with Crippen molar-refractivity contribution in [1.82, 2.24) is 10.3 Å². The molecule has 4 bridgehead atoms. The molecule has 2 aliphatic heterocycles. The molecule has 0 atom stereocenters. The molecule has 5 nitrogen and oxygen atoms in total. The quantitative estimate of drug-likeness (QED) is 0.749. The second-order valence-electron chi connectivity index (χ2n) is 6.80. The van der Waals surface area contributed by atoms with Gasteiger partial charge in [0.2, 0.25) is 11.8 Å². The van der Waals surface area contributed by atoms with Crippen molar-refractivity contribution in [2.75, 3.05) is 18.9 Å². The fourth-order valence-electron chi connectivity index (χ4n) is 3.18. The summed E-state index contributed by atoms with van der Waals surface area (Å²) in [7, 11) is 0. The van der Waals surface area contributed by atoms with E-state index in [2.05, 4.69) is 16.9 Å². The van der Waals surface area contributed by atoms with E-state index in [4.69, 9.17) is 9.47 Å². The zero-order chi connectivity index (χ0) is 18.4. The van der Waals surface area contributed by atoms with E-state index >= 15 is 0 Å². The molecule has 4 rings (SSSR count). The summed E-state index contributed by atoms with van der Waals surface area (Å²) in [5.41, 5.74) is 1.31. The Morgan fingerprint density at radius 2 is 2.12 bits per heavy atom. The second-order valence-corrected chi connectivity index (χ2v) is 8.20. The lowest BCUT2D eigenvalue weighted by Gasteiger charge is -2.28. The first kappa shape index (κ1) is 18.8. The first-order valence-corrected chi connectivity index (χ1v) is 10.2. The number of nitrogens with zero attached hydrogens (tertiary/aromatic N) is 1. The Labute approximate surface area is 159 Å². The number of pyridine rings is 1. The molecule has 0 saturated heterocycles. The highest BCUT2D eigenvalue weighted by Gasteiger charge is 2.22. The van der Waals surface area contributed by atoms with Crippen LogP contribution in [0.1, 0.15) is 38.2 Å². The highest BCUT2D eigenvalue weighted by atomic mass is 32.2. The van der Waals surface area contributed by atoms with E-state index in [1.165, 1.54) is 31.9 Å². The zero-order valence-electron chi connectivity index (χ0n) is 15.2. The lowest BCUT2D eigenvalue weighted by atomic mass is 9.89. The van der Waals surface area contributed by atoms with Crippen molar-refractivity contribution >= 4 is 23.4 Å². The Morgan fingerprint density at radius 3 is 2.92 bits per heavy atom. The van der Waals surface area contributed by atoms with E-state index < -0.39 is 0 Å². The smallest absolute Gasteiger partial charge is 0.250 e. The van der Waals surface area contributed by atoms with Crippen molar-refractivity contribution in [2.24, 2.45) is 5.92 Å². The highest BCUT2D eigenvalue weighted by Crippen LogP contribution is 2.31. The maximum Gasteiger partial charge on any atom is 0.250 e. The third kappa shape index (κ3) is 5.27. The number of fused-ring (bicyclic) bond motifs is 10. The Morgan fingerprint density at radius 1 is 1.31 bits per heavy atom. The number of rotatable bonds is 0. The van der Waals surface area contributed by atoms with Crippen molar-refractivity contribution in [2.45, 2.75) is 37.9 Å². The van der Waals surface area contributed by atoms with E-state index in [9.17, 15) is 4.79 Å². The van der Waals surface area contributed by atoms with Crippen LogP contribution in [-0.2, 0) is 9.53 Å². The fraction of sp³-hybridized carbons (Fsp3) is 0.500. The molecule has 6 heteroatoms. The minimum Gasteiger partial charge on any atom is -0.477 e. The van der Waals surface area contributed by atoms with E-state index in [0.29, 0.717) is 35.0 Å². The Balaban J connectivity index is 1.72. The molecule has 140 valence electrons. The van der Waals surface area contributed by atoms with Gasteiger partial charge in [-0.15, -0.1) is 0 Å². The van der Waals surface area contributed by atoms with Gasteiger partial charge in [0.1, 0.15) is 5.76 Å². The zero-order valence-corrected chi connectivity index (χ0v) is 16.0. The second kappa shape index (κ2) is 9.12. The Hall–Kier alpha value is -1.95. The van der Waals surface area contributed by atoms with Crippen LogP contribution < -0.4 is 10.1 Å². The summed E-state index contributed by atoms with van der Waals surface area (Å²) in [4.78, 5) is 16.5. The molecule has 1 aromatic rings. The van der Waals surface area contributed by atoms with E-state index in [-0.39, 0.29) is 5.91 Å². The van der Waals surface area contributed by atoms with Gasteiger partial charge in [-0.2, -0.15) is 11.8 Å². The Bertz CT molecular complexity index is 681. The predicted molar refractivity (Wildman–Crippen MR) is 105 cm³/mol. The summed E-state index contributed by atoms with van der Waals surface area (Å²) in [6, 6.07) is 3.62. The molecular formula is C20H26N2O3S. The maximum atomic E-state index is 12.2. The van der Waals surface area contributed by atoms with Gasteiger partial charge >= 0.3 is 0 Å². The van der Waals surface area contributed by atoms with Gasteiger partial charge < -0.3 is 14.8 Å². The molecule has 1 aliphatic carbocycles. The monoisotopic (exact) mass is 374 g/mol. The molecule has 0 unspecified atom stereocenters. The first-order chi connectivity index (χ1) is 12.6. The molecular weight excluding hydrogens is 348 g/mol. The minimum absolute atomic E-state index is 0.0887. The third-order valence-corrected chi connectivity index (χ3v) is 6.17. The predicted octanol–water partition coefficient (Wildman–Crippen LogP) is 3.77. The summed E-state index contributed by atoms with van der Waals surface area (Å²) in [6.45, 7) is 7.05. The van der Waals surface area contributed by atoms with Crippen LogP contribution in [0.4, 0.5) is 0 Å². The summed E-state index contributed by atoms with van der Waals surface area (Å²) in [6.07, 6.45) is 7.87. The molecule has 1 amide bonds. The van der Waals surface area contributed by atoms with Crippen LogP contribution in [0.5, 0.6) is 5.88 Å². The van der Waals surface area contributed by atoms with Crippen molar-refractivity contribution in [3.8, 4) is 5.88 Å². The van der Waals surface area contributed by atoms with Gasteiger partial charge in [-0.25, -0.2) is 4.98 Å². The average molecular weight is 375 g/mol. The number of carbonyl (C=O) groups is 1. The molecule has 0 aromatic carbocycles. The summed E-state index contributed by atoms with van der Waals surface area (Å²) < 4.78 is 11.3. The van der Waals surface area contributed by atoms with Crippen LogP contribution in [0, 0.1) is 5.92 Å². The number of hydrogen-bond donors (Lipinski definition) is 1. The van der Waals surface area contributed by atoms with Crippen LogP contribution in [0.2, 0.25) is 0 Å². The Kier molecular flexibility index (Phi) is 6.61.